The predicted octanol–water partition coefficient (Wildman–Crippen LogP) is 11.2. The molecule has 3 aromatic carbocycles. The van der Waals surface area contributed by atoms with Gasteiger partial charge in [0.2, 0.25) is 0 Å². The number of likely N-dealkylation sites (tertiary alicyclic amines) is 1. The molecule has 0 atom stereocenters. The molecule has 7 heteroatoms. The number of aromatic nitrogens is 2. The summed E-state index contributed by atoms with van der Waals surface area (Å²) in [4.78, 5) is 9.35. The van der Waals surface area contributed by atoms with Crippen LogP contribution in [0.1, 0.15) is 92.3 Å². The normalized spacial score (nSPS) is 14.2. The first kappa shape index (κ1) is 33.3. The summed E-state index contributed by atoms with van der Waals surface area (Å²) in [5.41, 5.74) is 5.66. The van der Waals surface area contributed by atoms with Gasteiger partial charge in [-0.05, 0) is 151 Å². The Kier molecular flexibility index (Phi) is 11.0. The SMILES string of the molecule is CCCCc1sc(C2CCN(CCCCc3cn(C(C)C)c4ccc(C#N)cc34)CC2)nc1-c1ccc(Oc2ccc(Cl)cc2)cc1. The van der Waals surface area contributed by atoms with Gasteiger partial charge in [0.25, 0.3) is 0 Å². The maximum Gasteiger partial charge on any atom is 0.127 e. The van der Waals surface area contributed by atoms with Crippen molar-refractivity contribution in [3.05, 3.63) is 99.0 Å². The number of unbranched alkanes of at least 4 members (excludes halogenated alkanes) is 2. The molecule has 3 heterocycles. The number of hydrogen-bond donors (Lipinski definition) is 0. The van der Waals surface area contributed by atoms with Crippen LogP contribution in [0, 0.1) is 11.3 Å². The number of benzene rings is 3. The quantitative estimate of drug-likeness (QED) is 0.118. The topological polar surface area (TPSA) is 54.1 Å². The molecule has 47 heavy (non-hydrogen) atoms. The zero-order valence-corrected chi connectivity index (χ0v) is 29.4. The number of halogens is 1. The molecule has 0 N–H and O–H groups in total. The summed E-state index contributed by atoms with van der Waals surface area (Å²) in [5.74, 6) is 2.12. The standard InChI is InChI=1S/C40H45ClN4OS/c1-4-5-9-38-39(30-11-15-34(16-12-30)46-35-17-13-33(41)14-18-35)43-40(47-38)31-20-23-44(24-21-31)22-7-6-8-32-27-45(28(2)3)37-19-10-29(26-42)25-36(32)37/h10-19,25,27-28,31H,4-9,20-24H2,1-3H3. The van der Waals surface area contributed by atoms with E-state index >= 15 is 0 Å². The van der Waals surface area contributed by atoms with Gasteiger partial charge in [-0.2, -0.15) is 5.26 Å². The number of aryl methyl sites for hydroxylation is 2. The summed E-state index contributed by atoms with van der Waals surface area (Å²) < 4.78 is 8.38. The van der Waals surface area contributed by atoms with Gasteiger partial charge >= 0.3 is 0 Å². The van der Waals surface area contributed by atoms with Crippen LogP contribution in [0.5, 0.6) is 11.5 Å². The second kappa shape index (κ2) is 15.5. The minimum Gasteiger partial charge on any atom is -0.457 e. The van der Waals surface area contributed by atoms with E-state index < -0.39 is 0 Å². The fourth-order valence-electron chi connectivity index (χ4n) is 6.67. The van der Waals surface area contributed by atoms with Crippen molar-refractivity contribution in [2.75, 3.05) is 19.6 Å². The molecule has 1 aliphatic heterocycles. The van der Waals surface area contributed by atoms with Gasteiger partial charge in [0.05, 0.1) is 22.3 Å². The Balaban J connectivity index is 1.04. The number of rotatable bonds is 13. The van der Waals surface area contributed by atoms with Crippen molar-refractivity contribution in [1.82, 2.24) is 14.5 Å². The lowest BCUT2D eigenvalue weighted by atomic mass is 9.97. The van der Waals surface area contributed by atoms with Gasteiger partial charge in [-0.25, -0.2) is 4.98 Å². The van der Waals surface area contributed by atoms with E-state index in [1.807, 2.05) is 53.8 Å². The molecule has 2 aromatic heterocycles. The Hall–Kier alpha value is -3.63. The molecule has 0 saturated carbocycles. The number of thiazole rings is 1. The first-order chi connectivity index (χ1) is 22.9. The van der Waals surface area contributed by atoms with Crippen molar-refractivity contribution < 1.29 is 4.74 Å². The zero-order valence-electron chi connectivity index (χ0n) is 27.8. The molecule has 0 bridgehead atoms. The molecule has 0 amide bonds. The highest BCUT2D eigenvalue weighted by atomic mass is 35.5. The van der Waals surface area contributed by atoms with E-state index in [9.17, 15) is 5.26 Å². The first-order valence-corrected chi connectivity index (χ1v) is 18.4. The molecule has 244 valence electrons. The summed E-state index contributed by atoms with van der Waals surface area (Å²) in [5, 5.41) is 12.7. The monoisotopic (exact) mass is 664 g/mol. The van der Waals surface area contributed by atoms with Crippen LogP contribution in [0.2, 0.25) is 5.02 Å². The van der Waals surface area contributed by atoms with E-state index in [2.05, 4.69) is 66.8 Å². The van der Waals surface area contributed by atoms with Gasteiger partial charge in [-0.1, -0.05) is 24.9 Å². The second-order valence-corrected chi connectivity index (χ2v) is 14.6. The van der Waals surface area contributed by atoms with E-state index in [4.69, 9.17) is 21.3 Å². The van der Waals surface area contributed by atoms with E-state index in [0.29, 0.717) is 17.0 Å². The Labute approximate surface area is 288 Å². The smallest absolute Gasteiger partial charge is 0.127 e. The van der Waals surface area contributed by atoms with E-state index in [-0.39, 0.29) is 0 Å². The number of hydrogen-bond acceptors (Lipinski definition) is 5. The van der Waals surface area contributed by atoms with Crippen molar-refractivity contribution in [2.45, 2.75) is 84.1 Å². The molecule has 5 nitrogen and oxygen atoms in total. The number of piperidine rings is 1. The molecule has 0 radical (unpaired) electrons. The van der Waals surface area contributed by atoms with Gasteiger partial charge < -0.3 is 14.2 Å². The van der Waals surface area contributed by atoms with Crippen LogP contribution in [-0.2, 0) is 12.8 Å². The van der Waals surface area contributed by atoms with Crippen LogP contribution in [-0.4, -0.2) is 34.1 Å². The summed E-state index contributed by atoms with van der Waals surface area (Å²) >= 11 is 7.96. The number of ether oxygens (including phenoxy) is 1. The fourth-order valence-corrected chi connectivity index (χ4v) is 8.10. The highest BCUT2D eigenvalue weighted by Gasteiger charge is 2.25. The highest BCUT2D eigenvalue weighted by molar-refractivity contribution is 7.12. The number of nitriles is 1. The van der Waals surface area contributed by atoms with E-state index in [1.165, 1.54) is 64.0 Å². The summed E-state index contributed by atoms with van der Waals surface area (Å²) in [6, 6.07) is 24.6. The summed E-state index contributed by atoms with van der Waals surface area (Å²) in [6.45, 7) is 10.1. The molecule has 0 aliphatic carbocycles. The fraction of sp³-hybridized carbons (Fsp3) is 0.400. The van der Waals surface area contributed by atoms with Crippen LogP contribution in [0.4, 0.5) is 0 Å². The molecular formula is C40H45ClN4OS. The van der Waals surface area contributed by atoms with Crippen LogP contribution in [0.3, 0.4) is 0 Å². The molecule has 6 rings (SSSR count). The summed E-state index contributed by atoms with van der Waals surface area (Å²) in [6.07, 6.45) is 11.5. The maximum absolute atomic E-state index is 9.44. The minimum absolute atomic E-state index is 0.401. The van der Waals surface area contributed by atoms with Gasteiger partial charge in [0, 0.05) is 44.5 Å². The molecule has 0 unspecified atom stereocenters. The van der Waals surface area contributed by atoms with Crippen LogP contribution < -0.4 is 4.74 Å². The van der Waals surface area contributed by atoms with E-state index in [1.54, 1.807) is 0 Å². The van der Waals surface area contributed by atoms with Crippen LogP contribution in [0.25, 0.3) is 22.2 Å². The lowest BCUT2D eigenvalue weighted by molar-refractivity contribution is 0.209. The average Bonchev–Trinajstić information content (AvgIpc) is 3.69. The first-order valence-electron chi connectivity index (χ1n) is 17.2. The third kappa shape index (κ3) is 8.09. The molecular weight excluding hydrogens is 620 g/mol. The van der Waals surface area contributed by atoms with Gasteiger partial charge in [-0.3, -0.25) is 0 Å². The van der Waals surface area contributed by atoms with Crippen LogP contribution >= 0.6 is 22.9 Å². The van der Waals surface area contributed by atoms with Crippen molar-refractivity contribution >= 4 is 33.8 Å². The molecule has 1 saturated heterocycles. The van der Waals surface area contributed by atoms with E-state index in [0.717, 1.165) is 61.7 Å². The van der Waals surface area contributed by atoms with Crippen molar-refractivity contribution in [2.24, 2.45) is 0 Å². The average molecular weight is 665 g/mol. The minimum atomic E-state index is 0.401. The van der Waals surface area contributed by atoms with Crippen LogP contribution in [0.15, 0.2) is 72.9 Å². The Morgan fingerprint density at radius 3 is 2.36 bits per heavy atom. The zero-order chi connectivity index (χ0) is 32.8. The van der Waals surface area contributed by atoms with Gasteiger partial charge in [-0.15, -0.1) is 11.3 Å². The third-order valence-electron chi connectivity index (χ3n) is 9.36. The van der Waals surface area contributed by atoms with Crippen molar-refractivity contribution in [3.8, 4) is 28.8 Å². The lowest BCUT2D eigenvalue weighted by Gasteiger charge is -2.31. The van der Waals surface area contributed by atoms with Gasteiger partial charge in [0.15, 0.2) is 0 Å². The molecule has 5 aromatic rings. The largest absolute Gasteiger partial charge is 0.457 e. The maximum atomic E-state index is 9.44. The number of nitrogens with zero attached hydrogens (tertiary/aromatic N) is 4. The van der Waals surface area contributed by atoms with Crippen molar-refractivity contribution in [1.29, 1.82) is 5.26 Å². The van der Waals surface area contributed by atoms with Gasteiger partial charge in [0.1, 0.15) is 11.5 Å². The second-order valence-electron chi connectivity index (χ2n) is 13.1. The Morgan fingerprint density at radius 1 is 0.957 bits per heavy atom. The molecule has 1 aliphatic rings. The molecule has 1 fully saturated rings. The Bertz CT molecular complexity index is 1810. The number of fused-ring (bicyclic) bond motifs is 1. The predicted molar refractivity (Wildman–Crippen MR) is 196 cm³/mol. The Morgan fingerprint density at radius 2 is 1.68 bits per heavy atom. The third-order valence-corrected chi connectivity index (χ3v) is 10.9. The van der Waals surface area contributed by atoms with Crippen molar-refractivity contribution in [3.63, 3.8) is 0 Å². The lowest BCUT2D eigenvalue weighted by Crippen LogP contribution is -2.33. The highest BCUT2D eigenvalue weighted by Crippen LogP contribution is 2.38. The molecule has 0 spiro atoms. The summed E-state index contributed by atoms with van der Waals surface area (Å²) in [7, 11) is 0.